The molecule has 104 valence electrons. The zero-order valence-electron chi connectivity index (χ0n) is 11.1. The van der Waals surface area contributed by atoms with Gasteiger partial charge in [-0.25, -0.2) is 4.39 Å². The van der Waals surface area contributed by atoms with Crippen LogP contribution in [0.15, 0.2) is 40.9 Å². The van der Waals surface area contributed by atoms with Crippen LogP contribution in [0.1, 0.15) is 11.1 Å². The molecule has 0 fully saturated rings. The highest BCUT2D eigenvalue weighted by Crippen LogP contribution is 2.31. The topological polar surface area (TPSA) is 21.3 Å². The third-order valence-electron chi connectivity index (χ3n) is 3.41. The molecule has 4 heteroatoms. The lowest BCUT2D eigenvalue weighted by Crippen LogP contribution is -2.24. The van der Waals surface area contributed by atoms with Gasteiger partial charge >= 0.3 is 0 Å². The second-order valence-corrected chi connectivity index (χ2v) is 5.98. The van der Waals surface area contributed by atoms with Gasteiger partial charge in [0.05, 0.1) is 12.2 Å². The molecule has 0 radical (unpaired) electrons. The minimum absolute atomic E-state index is 0.0409. The number of aryl methyl sites for hydroxylation is 1. The molecule has 0 amide bonds. The average molecular weight is 336 g/mol. The van der Waals surface area contributed by atoms with Crippen LogP contribution in [-0.2, 0) is 6.42 Å². The van der Waals surface area contributed by atoms with E-state index in [9.17, 15) is 4.39 Å². The lowest BCUT2D eigenvalue weighted by molar-refractivity contribution is 0.246. The molecule has 0 saturated heterocycles. The summed E-state index contributed by atoms with van der Waals surface area (Å²) in [6, 6.07) is 11.1. The number of hydrogen-bond acceptors (Lipinski definition) is 2. The van der Waals surface area contributed by atoms with Crippen LogP contribution in [0.5, 0.6) is 5.75 Å². The first-order valence-corrected chi connectivity index (χ1v) is 7.36. The van der Waals surface area contributed by atoms with E-state index < -0.39 is 0 Å². The molecular formula is C16H15BrFNO. The molecule has 1 unspecified atom stereocenters. The Morgan fingerprint density at radius 1 is 1.30 bits per heavy atom. The number of halogens is 2. The highest BCUT2D eigenvalue weighted by molar-refractivity contribution is 9.10. The molecule has 3 rings (SSSR count). The number of anilines is 1. The normalized spacial score (nSPS) is 16.6. The van der Waals surface area contributed by atoms with Crippen LogP contribution < -0.4 is 10.1 Å². The van der Waals surface area contributed by atoms with Crippen LogP contribution in [0.25, 0.3) is 0 Å². The number of nitrogens with one attached hydrogen (secondary N) is 1. The zero-order chi connectivity index (χ0) is 14.1. The van der Waals surface area contributed by atoms with Crippen LogP contribution in [0.4, 0.5) is 10.1 Å². The van der Waals surface area contributed by atoms with Crippen molar-refractivity contribution in [2.75, 3.05) is 11.9 Å². The fourth-order valence-corrected chi connectivity index (χ4v) is 2.81. The van der Waals surface area contributed by atoms with Gasteiger partial charge in [0, 0.05) is 10.9 Å². The fourth-order valence-electron chi connectivity index (χ4n) is 2.40. The van der Waals surface area contributed by atoms with E-state index in [0.717, 1.165) is 22.2 Å². The van der Waals surface area contributed by atoms with Crippen LogP contribution in [0.3, 0.4) is 0 Å². The maximum Gasteiger partial charge on any atom is 0.146 e. The molecule has 0 aliphatic carbocycles. The monoisotopic (exact) mass is 335 g/mol. The SMILES string of the molecule is Cc1ccc(F)c(NCC2Cc3cc(Br)ccc3O2)c1. The van der Waals surface area contributed by atoms with Crippen LogP contribution in [-0.4, -0.2) is 12.6 Å². The standard InChI is InChI=1S/C16H15BrFNO/c1-10-2-4-14(18)15(6-10)19-9-13-8-11-7-12(17)3-5-16(11)20-13/h2-7,13,19H,8-9H2,1H3. The smallest absolute Gasteiger partial charge is 0.146 e. The molecule has 1 aliphatic heterocycles. The molecule has 2 nitrogen and oxygen atoms in total. The molecule has 1 atom stereocenters. The van der Waals surface area contributed by atoms with Crippen molar-refractivity contribution in [1.82, 2.24) is 0 Å². The lowest BCUT2D eigenvalue weighted by atomic mass is 10.1. The van der Waals surface area contributed by atoms with Gasteiger partial charge in [-0.15, -0.1) is 0 Å². The van der Waals surface area contributed by atoms with Gasteiger partial charge in [-0.3, -0.25) is 0 Å². The van der Waals surface area contributed by atoms with Crippen molar-refractivity contribution in [3.8, 4) is 5.75 Å². The van der Waals surface area contributed by atoms with Crippen LogP contribution in [0, 0.1) is 12.7 Å². The summed E-state index contributed by atoms with van der Waals surface area (Å²) in [5.74, 6) is 0.693. The average Bonchev–Trinajstić information content (AvgIpc) is 2.81. The second-order valence-electron chi connectivity index (χ2n) is 5.06. The molecule has 0 bridgehead atoms. The van der Waals surface area contributed by atoms with Gasteiger partial charge in [0.2, 0.25) is 0 Å². The second kappa shape index (κ2) is 5.44. The molecule has 2 aromatic carbocycles. The molecule has 2 aromatic rings. The number of ether oxygens (including phenoxy) is 1. The third kappa shape index (κ3) is 2.80. The number of fused-ring (bicyclic) bond motifs is 1. The maximum atomic E-state index is 13.6. The Balaban J connectivity index is 1.65. The Bertz CT molecular complexity index is 644. The van der Waals surface area contributed by atoms with E-state index in [2.05, 4.69) is 27.3 Å². The predicted octanol–water partition coefficient (Wildman–Crippen LogP) is 4.31. The van der Waals surface area contributed by atoms with E-state index in [-0.39, 0.29) is 11.9 Å². The predicted molar refractivity (Wildman–Crippen MR) is 81.9 cm³/mol. The molecule has 1 heterocycles. The Morgan fingerprint density at radius 3 is 3.00 bits per heavy atom. The van der Waals surface area contributed by atoms with E-state index >= 15 is 0 Å². The molecule has 20 heavy (non-hydrogen) atoms. The lowest BCUT2D eigenvalue weighted by Gasteiger charge is -2.13. The molecule has 0 spiro atoms. The van der Waals surface area contributed by atoms with Crippen molar-refractivity contribution in [2.45, 2.75) is 19.4 Å². The van der Waals surface area contributed by atoms with Crippen molar-refractivity contribution in [3.05, 3.63) is 57.8 Å². The molecule has 0 saturated carbocycles. The van der Waals surface area contributed by atoms with E-state index in [0.29, 0.717) is 12.2 Å². The van der Waals surface area contributed by atoms with E-state index in [1.165, 1.54) is 11.6 Å². The van der Waals surface area contributed by atoms with Crippen LogP contribution >= 0.6 is 15.9 Å². The van der Waals surface area contributed by atoms with Gasteiger partial charge in [-0.1, -0.05) is 22.0 Å². The Labute approximate surface area is 126 Å². The first kappa shape index (κ1) is 13.4. The van der Waals surface area contributed by atoms with Crippen LogP contribution in [0.2, 0.25) is 0 Å². The van der Waals surface area contributed by atoms with Gasteiger partial charge < -0.3 is 10.1 Å². The molecule has 1 N–H and O–H groups in total. The highest BCUT2D eigenvalue weighted by atomic mass is 79.9. The maximum absolute atomic E-state index is 13.6. The summed E-state index contributed by atoms with van der Waals surface area (Å²) in [4.78, 5) is 0. The quantitative estimate of drug-likeness (QED) is 0.902. The summed E-state index contributed by atoms with van der Waals surface area (Å²) in [5, 5.41) is 3.13. The van der Waals surface area contributed by atoms with Crippen molar-refractivity contribution in [3.63, 3.8) is 0 Å². The summed E-state index contributed by atoms with van der Waals surface area (Å²) in [7, 11) is 0. The minimum atomic E-state index is -0.228. The van der Waals surface area contributed by atoms with Gasteiger partial charge in [0.15, 0.2) is 0 Å². The fraction of sp³-hybridized carbons (Fsp3) is 0.250. The van der Waals surface area contributed by atoms with Crippen molar-refractivity contribution in [2.24, 2.45) is 0 Å². The zero-order valence-corrected chi connectivity index (χ0v) is 12.7. The van der Waals surface area contributed by atoms with Gasteiger partial charge in [0.1, 0.15) is 17.7 Å². The summed E-state index contributed by atoms with van der Waals surface area (Å²) >= 11 is 3.46. The summed E-state index contributed by atoms with van der Waals surface area (Å²) < 4.78 is 20.6. The summed E-state index contributed by atoms with van der Waals surface area (Å²) in [6.07, 6.45) is 0.883. The van der Waals surface area contributed by atoms with E-state index in [1.807, 2.05) is 25.1 Å². The minimum Gasteiger partial charge on any atom is -0.488 e. The first-order valence-electron chi connectivity index (χ1n) is 6.57. The first-order chi connectivity index (χ1) is 9.61. The Hall–Kier alpha value is -1.55. The highest BCUT2D eigenvalue weighted by Gasteiger charge is 2.22. The third-order valence-corrected chi connectivity index (χ3v) is 3.90. The Morgan fingerprint density at radius 2 is 2.15 bits per heavy atom. The van der Waals surface area contributed by atoms with Crippen molar-refractivity contribution < 1.29 is 9.13 Å². The number of benzene rings is 2. The number of hydrogen-bond donors (Lipinski definition) is 1. The summed E-state index contributed by atoms with van der Waals surface area (Å²) in [5.41, 5.74) is 2.76. The largest absolute Gasteiger partial charge is 0.488 e. The van der Waals surface area contributed by atoms with Gasteiger partial charge in [-0.05, 0) is 48.4 Å². The van der Waals surface area contributed by atoms with E-state index in [1.54, 1.807) is 6.07 Å². The van der Waals surface area contributed by atoms with Gasteiger partial charge in [-0.2, -0.15) is 0 Å². The molecule has 0 aromatic heterocycles. The van der Waals surface area contributed by atoms with E-state index in [4.69, 9.17) is 4.74 Å². The summed E-state index contributed by atoms with van der Waals surface area (Å²) in [6.45, 7) is 2.54. The van der Waals surface area contributed by atoms with Crippen molar-refractivity contribution in [1.29, 1.82) is 0 Å². The Kier molecular flexibility index (Phi) is 3.66. The molecular weight excluding hydrogens is 321 g/mol. The number of rotatable bonds is 3. The van der Waals surface area contributed by atoms with Gasteiger partial charge in [0.25, 0.3) is 0 Å². The molecule has 1 aliphatic rings. The van der Waals surface area contributed by atoms with Crippen molar-refractivity contribution >= 4 is 21.6 Å².